The average molecular weight is 248 g/mol. The molecule has 5 nitrogen and oxygen atoms in total. The molecule has 0 saturated carbocycles. The Morgan fingerprint density at radius 2 is 2.06 bits per heavy atom. The van der Waals surface area contributed by atoms with E-state index in [2.05, 4.69) is 10.2 Å². The van der Waals surface area contributed by atoms with Crippen LogP contribution in [0.1, 0.15) is 10.4 Å². The summed E-state index contributed by atoms with van der Waals surface area (Å²) in [5, 5.41) is 16.1. The van der Waals surface area contributed by atoms with Crippen molar-refractivity contribution < 1.29 is 19.0 Å². The summed E-state index contributed by atoms with van der Waals surface area (Å²) in [6.45, 7) is 0. The molecule has 0 amide bonds. The number of aromatic nitrogens is 2. The molecule has 1 aromatic carbocycles. The number of hydrogen-bond acceptors (Lipinski definition) is 4. The Balaban J connectivity index is 2.73. The predicted octanol–water partition coefficient (Wildman–Crippen LogP) is 1.99. The van der Waals surface area contributed by atoms with Crippen molar-refractivity contribution in [2.24, 2.45) is 0 Å². The van der Waals surface area contributed by atoms with Crippen molar-refractivity contribution in [1.82, 2.24) is 10.2 Å². The molecular formula is C12H9FN2O3. The minimum Gasteiger partial charge on any atom is -0.496 e. The van der Waals surface area contributed by atoms with E-state index in [1.54, 1.807) is 6.07 Å². The monoisotopic (exact) mass is 248 g/mol. The molecule has 0 aliphatic carbocycles. The molecular weight excluding hydrogens is 239 g/mol. The van der Waals surface area contributed by atoms with Crippen molar-refractivity contribution >= 4 is 5.97 Å². The van der Waals surface area contributed by atoms with Crippen LogP contribution in [-0.2, 0) is 0 Å². The third kappa shape index (κ3) is 2.00. The second kappa shape index (κ2) is 4.79. The van der Waals surface area contributed by atoms with Gasteiger partial charge in [-0.1, -0.05) is 6.07 Å². The van der Waals surface area contributed by atoms with E-state index in [4.69, 9.17) is 9.84 Å². The molecule has 0 aliphatic heterocycles. The van der Waals surface area contributed by atoms with Gasteiger partial charge in [-0.25, -0.2) is 9.18 Å². The van der Waals surface area contributed by atoms with Crippen LogP contribution >= 0.6 is 0 Å². The van der Waals surface area contributed by atoms with Gasteiger partial charge in [0.1, 0.15) is 11.6 Å². The maximum atomic E-state index is 13.8. The minimum atomic E-state index is -1.20. The normalized spacial score (nSPS) is 10.1. The Labute approximate surface area is 102 Å². The molecule has 0 fully saturated rings. The van der Waals surface area contributed by atoms with Crippen LogP contribution in [0.4, 0.5) is 4.39 Å². The number of carboxylic acids is 1. The molecule has 0 unspecified atom stereocenters. The number of ether oxygens (including phenoxy) is 1. The molecule has 2 rings (SSSR count). The molecule has 0 radical (unpaired) electrons. The molecule has 0 atom stereocenters. The number of rotatable bonds is 3. The van der Waals surface area contributed by atoms with Gasteiger partial charge in [0.25, 0.3) is 0 Å². The van der Waals surface area contributed by atoms with E-state index in [0.717, 1.165) is 6.20 Å². The van der Waals surface area contributed by atoms with E-state index in [9.17, 15) is 9.18 Å². The SMILES string of the molecule is COc1cccc(F)c1-c1cnncc1C(=O)O. The standard InChI is InChI=1S/C12H9FN2O3/c1-18-10-4-2-3-9(13)11(10)7-5-14-15-6-8(7)12(16)17/h2-6H,1H3,(H,16,17). The fourth-order valence-electron chi connectivity index (χ4n) is 1.63. The Bertz CT molecular complexity index is 602. The minimum absolute atomic E-state index is 0.0623. The summed E-state index contributed by atoms with van der Waals surface area (Å²) in [7, 11) is 1.38. The van der Waals surface area contributed by atoms with Crippen molar-refractivity contribution in [2.75, 3.05) is 7.11 Å². The fourth-order valence-corrected chi connectivity index (χ4v) is 1.63. The van der Waals surface area contributed by atoms with Gasteiger partial charge >= 0.3 is 5.97 Å². The fraction of sp³-hybridized carbons (Fsp3) is 0.0833. The Hall–Kier alpha value is -2.50. The highest BCUT2D eigenvalue weighted by Crippen LogP contribution is 2.33. The van der Waals surface area contributed by atoms with Gasteiger partial charge in [0.05, 0.1) is 30.6 Å². The summed E-state index contributed by atoms with van der Waals surface area (Å²) in [5.41, 5.74) is 0.0631. The second-order valence-electron chi connectivity index (χ2n) is 3.44. The van der Waals surface area contributed by atoms with Crippen LogP contribution in [0.2, 0.25) is 0 Å². The molecule has 0 saturated heterocycles. The Morgan fingerprint density at radius 3 is 2.72 bits per heavy atom. The molecule has 1 N–H and O–H groups in total. The largest absolute Gasteiger partial charge is 0.496 e. The highest BCUT2D eigenvalue weighted by Gasteiger charge is 2.19. The van der Waals surface area contributed by atoms with E-state index in [-0.39, 0.29) is 22.4 Å². The van der Waals surface area contributed by atoms with Crippen molar-refractivity contribution in [3.8, 4) is 16.9 Å². The van der Waals surface area contributed by atoms with Gasteiger partial charge in [-0.15, -0.1) is 0 Å². The highest BCUT2D eigenvalue weighted by molar-refractivity contribution is 5.96. The van der Waals surface area contributed by atoms with Crippen LogP contribution in [0.15, 0.2) is 30.6 Å². The van der Waals surface area contributed by atoms with Crippen LogP contribution in [0, 0.1) is 5.82 Å². The molecule has 1 aromatic heterocycles. The Morgan fingerprint density at radius 1 is 1.33 bits per heavy atom. The lowest BCUT2D eigenvalue weighted by molar-refractivity contribution is 0.0697. The summed E-state index contributed by atoms with van der Waals surface area (Å²) in [5.74, 6) is -1.54. The third-order valence-electron chi connectivity index (χ3n) is 2.43. The number of carbonyl (C=O) groups is 1. The van der Waals surface area contributed by atoms with Gasteiger partial charge < -0.3 is 9.84 Å². The van der Waals surface area contributed by atoms with Crippen molar-refractivity contribution in [3.63, 3.8) is 0 Å². The smallest absolute Gasteiger partial charge is 0.338 e. The Kier molecular flexibility index (Phi) is 3.18. The lowest BCUT2D eigenvalue weighted by atomic mass is 10.0. The van der Waals surface area contributed by atoms with Gasteiger partial charge in [0.15, 0.2) is 0 Å². The van der Waals surface area contributed by atoms with Crippen LogP contribution in [0.5, 0.6) is 5.75 Å². The quantitative estimate of drug-likeness (QED) is 0.899. The van der Waals surface area contributed by atoms with Crippen molar-refractivity contribution in [2.45, 2.75) is 0 Å². The number of hydrogen-bond donors (Lipinski definition) is 1. The second-order valence-corrected chi connectivity index (χ2v) is 3.44. The maximum absolute atomic E-state index is 13.8. The van der Waals surface area contributed by atoms with Crippen LogP contribution in [0.25, 0.3) is 11.1 Å². The van der Waals surface area contributed by atoms with E-state index in [0.29, 0.717) is 0 Å². The molecule has 92 valence electrons. The van der Waals surface area contributed by atoms with Crippen molar-refractivity contribution in [1.29, 1.82) is 0 Å². The molecule has 1 heterocycles. The average Bonchev–Trinajstić information content (AvgIpc) is 2.38. The van der Waals surface area contributed by atoms with Gasteiger partial charge in [-0.3, -0.25) is 0 Å². The summed E-state index contributed by atoms with van der Waals surface area (Å²) in [6, 6.07) is 4.25. The number of methoxy groups -OCH3 is 1. The third-order valence-corrected chi connectivity index (χ3v) is 2.43. The van der Waals surface area contributed by atoms with Gasteiger partial charge in [0, 0.05) is 5.56 Å². The molecule has 0 aliphatic rings. The zero-order valence-corrected chi connectivity index (χ0v) is 9.42. The summed E-state index contributed by atoms with van der Waals surface area (Å²) < 4.78 is 18.9. The molecule has 0 bridgehead atoms. The lowest BCUT2D eigenvalue weighted by Gasteiger charge is -2.10. The molecule has 0 spiro atoms. The number of carboxylic acid groups (broad SMARTS) is 1. The van der Waals surface area contributed by atoms with Crippen molar-refractivity contribution in [3.05, 3.63) is 42.0 Å². The van der Waals surface area contributed by atoms with Crippen LogP contribution in [-0.4, -0.2) is 28.4 Å². The van der Waals surface area contributed by atoms with Crippen LogP contribution < -0.4 is 4.74 Å². The van der Waals surface area contributed by atoms with E-state index in [1.165, 1.54) is 25.4 Å². The van der Waals surface area contributed by atoms with E-state index >= 15 is 0 Å². The lowest BCUT2D eigenvalue weighted by Crippen LogP contribution is -2.03. The van der Waals surface area contributed by atoms with Crippen LogP contribution in [0.3, 0.4) is 0 Å². The number of halogens is 1. The number of nitrogens with zero attached hydrogens (tertiary/aromatic N) is 2. The first kappa shape index (κ1) is 12.0. The first-order chi connectivity index (χ1) is 8.65. The molecule has 18 heavy (non-hydrogen) atoms. The zero-order valence-electron chi connectivity index (χ0n) is 9.42. The van der Waals surface area contributed by atoms with E-state index < -0.39 is 11.8 Å². The number of aromatic carboxylic acids is 1. The summed E-state index contributed by atoms with van der Waals surface area (Å²) in [4.78, 5) is 11.1. The van der Waals surface area contributed by atoms with E-state index in [1.807, 2.05) is 0 Å². The maximum Gasteiger partial charge on any atom is 0.338 e. The topological polar surface area (TPSA) is 72.3 Å². The van der Waals surface area contributed by atoms with Gasteiger partial charge in [-0.2, -0.15) is 10.2 Å². The molecule has 6 heteroatoms. The zero-order chi connectivity index (χ0) is 13.1. The molecule has 2 aromatic rings. The first-order valence-electron chi connectivity index (χ1n) is 5.02. The van der Waals surface area contributed by atoms with Gasteiger partial charge in [-0.05, 0) is 12.1 Å². The summed E-state index contributed by atoms with van der Waals surface area (Å²) in [6.07, 6.45) is 2.27. The predicted molar refractivity (Wildman–Crippen MR) is 60.9 cm³/mol. The summed E-state index contributed by atoms with van der Waals surface area (Å²) >= 11 is 0. The first-order valence-corrected chi connectivity index (χ1v) is 5.02. The highest BCUT2D eigenvalue weighted by atomic mass is 19.1. The number of benzene rings is 1. The van der Waals surface area contributed by atoms with Gasteiger partial charge in [0.2, 0.25) is 0 Å².